The number of hydrogen-bond acceptors (Lipinski definition) is 3. The number of nitrogens with two attached hydrogens (primary N) is 1. The highest BCUT2D eigenvalue weighted by Crippen LogP contribution is 2.31. The second-order valence-electron chi connectivity index (χ2n) is 5.28. The molecule has 0 aromatic heterocycles. The second kappa shape index (κ2) is 6.51. The Morgan fingerprint density at radius 1 is 1.36 bits per heavy atom. The molecule has 0 bridgehead atoms. The minimum absolute atomic E-state index is 0.125. The molecule has 2 rings (SSSR count). The van der Waals surface area contributed by atoms with Crippen molar-refractivity contribution in [2.45, 2.75) is 18.8 Å². The van der Waals surface area contributed by atoms with Crippen LogP contribution in [-0.4, -0.2) is 43.2 Å². The van der Waals surface area contributed by atoms with Crippen molar-refractivity contribution in [3.8, 4) is 0 Å². The number of nitrogens with one attached hydrogen (secondary N) is 1. The summed E-state index contributed by atoms with van der Waals surface area (Å²) in [6.45, 7) is 1.64. The molecule has 1 aliphatic rings. The minimum atomic E-state index is -4.56. The maximum Gasteiger partial charge on any atom is 0.416 e. The average molecular weight is 319 g/mol. The maximum atomic E-state index is 13.0. The lowest BCUT2D eigenvalue weighted by atomic mass is 10.1. The zero-order valence-electron chi connectivity index (χ0n) is 11.8. The third kappa shape index (κ3) is 4.33. The van der Waals surface area contributed by atoms with Gasteiger partial charge in [0.25, 0.3) is 5.91 Å². The fourth-order valence-corrected chi connectivity index (χ4v) is 2.36. The van der Waals surface area contributed by atoms with Gasteiger partial charge in [-0.15, -0.1) is 0 Å². The van der Waals surface area contributed by atoms with E-state index in [4.69, 9.17) is 5.73 Å². The van der Waals surface area contributed by atoms with E-state index in [1.807, 2.05) is 4.90 Å². The minimum Gasteiger partial charge on any atom is -0.399 e. The normalized spacial score (nSPS) is 19.4. The quantitative estimate of drug-likeness (QED) is 0.660. The molecule has 1 fully saturated rings. The Kier molecular flexibility index (Phi) is 4.90. The van der Waals surface area contributed by atoms with E-state index < -0.39 is 23.8 Å². The van der Waals surface area contributed by atoms with Crippen LogP contribution in [0.15, 0.2) is 18.2 Å². The molecule has 22 heavy (non-hydrogen) atoms. The average Bonchev–Trinajstić information content (AvgIpc) is 2.82. The summed E-state index contributed by atoms with van der Waals surface area (Å²) in [5, 5.41) is 2.52. The van der Waals surface area contributed by atoms with Gasteiger partial charge in [-0.1, -0.05) is 0 Å². The van der Waals surface area contributed by atoms with Crippen LogP contribution in [0.25, 0.3) is 0 Å². The van der Waals surface area contributed by atoms with Crippen LogP contribution >= 0.6 is 0 Å². The van der Waals surface area contributed by atoms with Crippen LogP contribution in [0.1, 0.15) is 22.3 Å². The fourth-order valence-electron chi connectivity index (χ4n) is 2.36. The molecule has 8 heteroatoms. The van der Waals surface area contributed by atoms with E-state index >= 15 is 0 Å². The number of likely N-dealkylation sites (tertiary alicyclic amines) is 1. The standard InChI is InChI=1S/C14H17F4N3O/c15-11-1-3-21(8-11)4-2-20-13(22)9-5-10(14(16,17)18)7-12(19)6-9/h5-7,11H,1-4,8,19H2,(H,20,22)/t11-/m0/s1. The molecular weight excluding hydrogens is 302 g/mol. The van der Waals surface area contributed by atoms with Gasteiger partial charge in [0.1, 0.15) is 6.17 Å². The lowest BCUT2D eigenvalue weighted by Gasteiger charge is -2.15. The van der Waals surface area contributed by atoms with Gasteiger partial charge in [0.15, 0.2) is 0 Å². The van der Waals surface area contributed by atoms with Crippen molar-refractivity contribution in [2.75, 3.05) is 31.9 Å². The Labute approximate surface area is 125 Å². The summed E-state index contributed by atoms with van der Waals surface area (Å²) in [6, 6.07) is 2.74. The van der Waals surface area contributed by atoms with Gasteiger partial charge in [-0.25, -0.2) is 4.39 Å². The van der Waals surface area contributed by atoms with Crippen molar-refractivity contribution in [1.82, 2.24) is 10.2 Å². The lowest BCUT2D eigenvalue weighted by molar-refractivity contribution is -0.137. The van der Waals surface area contributed by atoms with E-state index in [-0.39, 0.29) is 17.8 Å². The van der Waals surface area contributed by atoms with E-state index in [0.29, 0.717) is 26.1 Å². The molecule has 1 heterocycles. The SMILES string of the molecule is Nc1cc(C(=O)NCCN2CC[C@H](F)C2)cc(C(F)(F)F)c1. The monoisotopic (exact) mass is 319 g/mol. The molecule has 122 valence electrons. The molecule has 1 aromatic carbocycles. The molecular formula is C14H17F4N3O. The number of carbonyl (C=O) groups excluding carboxylic acids is 1. The first kappa shape index (κ1) is 16.5. The van der Waals surface area contributed by atoms with Gasteiger partial charge in [0, 0.05) is 37.4 Å². The molecule has 1 aliphatic heterocycles. The van der Waals surface area contributed by atoms with E-state index in [1.165, 1.54) is 6.07 Å². The van der Waals surface area contributed by atoms with Gasteiger partial charge in [-0.05, 0) is 24.6 Å². The molecule has 0 spiro atoms. The van der Waals surface area contributed by atoms with E-state index in [2.05, 4.69) is 5.32 Å². The highest BCUT2D eigenvalue weighted by molar-refractivity contribution is 5.95. The zero-order chi connectivity index (χ0) is 16.3. The van der Waals surface area contributed by atoms with Gasteiger partial charge in [0.05, 0.1) is 5.56 Å². The maximum absolute atomic E-state index is 13.0. The number of nitrogens with zero attached hydrogens (tertiary/aromatic N) is 1. The Hall–Kier alpha value is -1.83. The first-order valence-electron chi connectivity index (χ1n) is 6.88. The van der Waals surface area contributed by atoms with Crippen LogP contribution in [0.2, 0.25) is 0 Å². The number of carbonyl (C=O) groups is 1. The summed E-state index contributed by atoms with van der Waals surface area (Å²) < 4.78 is 51.0. The molecule has 0 unspecified atom stereocenters. The van der Waals surface area contributed by atoms with Crippen LogP contribution in [0.3, 0.4) is 0 Å². The highest BCUT2D eigenvalue weighted by Gasteiger charge is 2.31. The van der Waals surface area contributed by atoms with Crippen molar-refractivity contribution < 1.29 is 22.4 Å². The van der Waals surface area contributed by atoms with Crippen LogP contribution < -0.4 is 11.1 Å². The number of hydrogen-bond donors (Lipinski definition) is 2. The number of nitrogen functional groups attached to an aromatic ring is 1. The summed E-state index contributed by atoms with van der Waals surface area (Å²) in [5.74, 6) is -0.631. The van der Waals surface area contributed by atoms with Gasteiger partial charge >= 0.3 is 6.18 Å². The van der Waals surface area contributed by atoms with Crippen molar-refractivity contribution in [2.24, 2.45) is 0 Å². The number of anilines is 1. The van der Waals surface area contributed by atoms with Crippen molar-refractivity contribution in [1.29, 1.82) is 0 Å². The molecule has 0 saturated carbocycles. The van der Waals surface area contributed by atoms with E-state index in [1.54, 1.807) is 0 Å². The van der Waals surface area contributed by atoms with Crippen molar-refractivity contribution in [3.05, 3.63) is 29.3 Å². The topological polar surface area (TPSA) is 58.4 Å². The number of alkyl halides is 4. The lowest BCUT2D eigenvalue weighted by Crippen LogP contribution is -2.34. The van der Waals surface area contributed by atoms with Gasteiger partial charge in [-0.2, -0.15) is 13.2 Å². The van der Waals surface area contributed by atoms with Gasteiger partial charge in [-0.3, -0.25) is 9.69 Å². The Bertz CT molecular complexity index is 547. The van der Waals surface area contributed by atoms with Crippen LogP contribution in [0, 0.1) is 0 Å². The predicted molar refractivity (Wildman–Crippen MR) is 74.1 cm³/mol. The number of halogens is 4. The molecule has 4 nitrogen and oxygen atoms in total. The Morgan fingerprint density at radius 2 is 2.09 bits per heavy atom. The molecule has 3 N–H and O–H groups in total. The van der Waals surface area contributed by atoms with Gasteiger partial charge < -0.3 is 11.1 Å². The molecule has 0 radical (unpaired) electrons. The van der Waals surface area contributed by atoms with Crippen LogP contribution in [0.5, 0.6) is 0 Å². The summed E-state index contributed by atoms with van der Waals surface area (Å²) in [4.78, 5) is 13.7. The fraction of sp³-hybridized carbons (Fsp3) is 0.500. The third-order valence-electron chi connectivity index (χ3n) is 3.47. The summed E-state index contributed by atoms with van der Waals surface area (Å²) in [6.07, 6.45) is -4.94. The smallest absolute Gasteiger partial charge is 0.399 e. The second-order valence-corrected chi connectivity index (χ2v) is 5.28. The number of rotatable bonds is 4. The van der Waals surface area contributed by atoms with Crippen molar-refractivity contribution >= 4 is 11.6 Å². The third-order valence-corrected chi connectivity index (χ3v) is 3.47. The zero-order valence-corrected chi connectivity index (χ0v) is 11.8. The Balaban J connectivity index is 1.93. The molecule has 0 aliphatic carbocycles. The Morgan fingerprint density at radius 3 is 2.68 bits per heavy atom. The van der Waals surface area contributed by atoms with Gasteiger partial charge in [0.2, 0.25) is 0 Å². The first-order chi connectivity index (χ1) is 10.3. The summed E-state index contributed by atoms with van der Waals surface area (Å²) in [5.41, 5.74) is 4.18. The summed E-state index contributed by atoms with van der Waals surface area (Å²) in [7, 11) is 0. The first-order valence-corrected chi connectivity index (χ1v) is 6.88. The molecule has 1 amide bonds. The molecule has 1 aromatic rings. The summed E-state index contributed by atoms with van der Waals surface area (Å²) >= 11 is 0. The van der Waals surface area contributed by atoms with Crippen LogP contribution in [-0.2, 0) is 6.18 Å². The molecule has 1 saturated heterocycles. The number of benzene rings is 1. The highest BCUT2D eigenvalue weighted by atomic mass is 19.4. The van der Waals surface area contributed by atoms with E-state index in [0.717, 1.165) is 12.1 Å². The van der Waals surface area contributed by atoms with Crippen molar-refractivity contribution in [3.63, 3.8) is 0 Å². The largest absolute Gasteiger partial charge is 0.416 e. The molecule has 1 atom stereocenters. The van der Waals surface area contributed by atoms with E-state index in [9.17, 15) is 22.4 Å². The predicted octanol–water partition coefficient (Wildman–Crippen LogP) is 2.06. The number of amides is 1. The van der Waals surface area contributed by atoms with Crippen LogP contribution in [0.4, 0.5) is 23.2 Å².